The molecule has 5 atom stereocenters. The molecule has 0 radical (unpaired) electrons. The minimum Gasteiger partial charge on any atom is -0.488 e. The summed E-state index contributed by atoms with van der Waals surface area (Å²) in [6, 6.07) is 14.9. The number of cyclic esters (lactones) is 1. The van der Waals surface area contributed by atoms with E-state index in [9.17, 15) is 27.6 Å². The Morgan fingerprint density at radius 1 is 1.03 bits per heavy atom. The van der Waals surface area contributed by atoms with Gasteiger partial charge in [0.1, 0.15) is 11.9 Å². The number of ether oxygens (including phenoxy) is 2. The zero-order valence-electron chi connectivity index (χ0n) is 33.2. The number of Topliss-reactive ketones (excluding diaryl/α,β-unsaturated/α-hetero) is 1. The van der Waals surface area contributed by atoms with Crippen molar-refractivity contribution in [2.24, 2.45) is 23.2 Å². The predicted octanol–water partition coefficient (Wildman–Crippen LogP) is 7.26. The zero-order valence-corrected chi connectivity index (χ0v) is 34.0. The molecule has 3 aliphatic carbocycles. The summed E-state index contributed by atoms with van der Waals surface area (Å²) in [6.45, 7) is 6.27. The largest absolute Gasteiger partial charge is 0.488 e. The first-order chi connectivity index (χ1) is 28.0. The minimum atomic E-state index is -3.85. The summed E-state index contributed by atoms with van der Waals surface area (Å²) in [6.07, 6.45) is 12.2. The van der Waals surface area contributed by atoms with Gasteiger partial charge in [0.05, 0.1) is 53.4 Å². The number of fused-ring (bicyclic) bond motifs is 3. The predicted molar refractivity (Wildman–Crippen MR) is 221 cm³/mol. The summed E-state index contributed by atoms with van der Waals surface area (Å²) in [7, 11) is -3.85. The highest BCUT2D eigenvalue weighted by Gasteiger charge is 2.61. The van der Waals surface area contributed by atoms with Crippen LogP contribution >= 0.6 is 0 Å². The van der Waals surface area contributed by atoms with Crippen molar-refractivity contribution in [1.82, 2.24) is 14.6 Å². The van der Waals surface area contributed by atoms with Crippen LogP contribution in [0.15, 0.2) is 67.3 Å². The molecule has 3 aromatic rings. The van der Waals surface area contributed by atoms with E-state index in [0.29, 0.717) is 25.0 Å². The molecule has 8 rings (SSSR count). The first-order valence-corrected chi connectivity index (χ1v) is 22.5. The second-order valence-electron chi connectivity index (χ2n) is 17.1. The summed E-state index contributed by atoms with van der Waals surface area (Å²) in [4.78, 5) is 63.3. The highest BCUT2D eigenvalue weighted by Crippen LogP contribution is 2.57. The van der Waals surface area contributed by atoms with E-state index in [2.05, 4.69) is 35.6 Å². The number of rotatable bonds is 9. The number of aryl methyl sites for hydroxylation is 1. The van der Waals surface area contributed by atoms with Crippen molar-refractivity contribution in [3.05, 3.63) is 78.4 Å². The fourth-order valence-electron chi connectivity index (χ4n) is 9.34. The lowest BCUT2D eigenvalue weighted by molar-refractivity contribution is -0.151. The number of pyridine rings is 1. The normalized spacial score (nSPS) is 27.6. The van der Waals surface area contributed by atoms with Crippen LogP contribution in [-0.4, -0.2) is 72.4 Å². The topological polar surface area (TPSA) is 149 Å². The Morgan fingerprint density at radius 2 is 1.81 bits per heavy atom. The van der Waals surface area contributed by atoms with Gasteiger partial charge in [-0.3, -0.25) is 23.9 Å². The van der Waals surface area contributed by atoms with Gasteiger partial charge >= 0.3 is 5.97 Å². The Morgan fingerprint density at radius 3 is 2.53 bits per heavy atom. The van der Waals surface area contributed by atoms with E-state index in [4.69, 9.17) is 14.5 Å². The molecule has 1 N–H and O–H groups in total. The number of hydrogen-bond donors (Lipinski definition) is 1. The summed E-state index contributed by atoms with van der Waals surface area (Å²) >= 11 is 0. The van der Waals surface area contributed by atoms with Crippen molar-refractivity contribution in [2.45, 2.75) is 108 Å². The van der Waals surface area contributed by atoms with Gasteiger partial charge < -0.3 is 14.4 Å². The molecule has 0 spiro atoms. The molecule has 11 nitrogen and oxygen atoms in total. The molecule has 4 fully saturated rings. The zero-order chi connectivity index (χ0) is 40.6. The van der Waals surface area contributed by atoms with Crippen LogP contribution in [0.2, 0.25) is 0 Å². The Balaban J connectivity index is 1.17. The molecule has 58 heavy (non-hydrogen) atoms. The van der Waals surface area contributed by atoms with Crippen LogP contribution in [0.1, 0.15) is 94.6 Å². The van der Waals surface area contributed by atoms with Gasteiger partial charge in [0, 0.05) is 29.9 Å². The average Bonchev–Trinajstić information content (AvgIpc) is 4.08. The van der Waals surface area contributed by atoms with Gasteiger partial charge in [0.25, 0.3) is 0 Å². The first kappa shape index (κ1) is 40.0. The summed E-state index contributed by atoms with van der Waals surface area (Å²) in [5, 5.41) is 0.202. The highest BCUT2D eigenvalue weighted by molar-refractivity contribution is 7.90. The van der Waals surface area contributed by atoms with Crippen LogP contribution in [0.25, 0.3) is 28.2 Å². The number of nitrogens with one attached hydrogen (secondary N) is 1. The van der Waals surface area contributed by atoms with Gasteiger partial charge in [-0.15, -0.1) is 6.58 Å². The molecule has 2 aliphatic heterocycles. The van der Waals surface area contributed by atoms with Gasteiger partial charge in [-0.1, -0.05) is 61.4 Å². The number of nitrogens with zero attached hydrogens (tertiary/aromatic N) is 2. The van der Waals surface area contributed by atoms with Crippen LogP contribution in [0.4, 0.5) is 0 Å². The van der Waals surface area contributed by atoms with Crippen LogP contribution in [0, 0.1) is 30.1 Å². The lowest BCUT2D eigenvalue weighted by Gasteiger charge is -2.31. The number of esters is 1. The van der Waals surface area contributed by atoms with E-state index in [0.717, 1.165) is 71.8 Å². The van der Waals surface area contributed by atoms with Crippen LogP contribution in [-0.2, 0) is 33.9 Å². The van der Waals surface area contributed by atoms with Gasteiger partial charge in [-0.2, -0.15) is 0 Å². The molecule has 3 heterocycles. The molecule has 306 valence electrons. The molecule has 0 unspecified atom stereocenters. The van der Waals surface area contributed by atoms with Crippen molar-refractivity contribution in [1.29, 1.82) is 0 Å². The van der Waals surface area contributed by atoms with E-state index >= 15 is 0 Å². The Bertz CT molecular complexity index is 2250. The highest BCUT2D eigenvalue weighted by atomic mass is 32.2. The molecule has 5 aliphatic rings. The van der Waals surface area contributed by atoms with Gasteiger partial charge in [-0.05, 0) is 93.4 Å². The number of sulfonamides is 1. The van der Waals surface area contributed by atoms with E-state index in [-0.39, 0.29) is 62.4 Å². The molecule has 1 aromatic heterocycles. The molecule has 2 amide bonds. The standard InChI is InChI=1S/C46H53N3O8S/c1-3-33-26-46(33,45(53)48-58(54,55)35-18-19-35)27-41(50)40-23-34-28-49(40)44(52)36(30-13-10-11-14-30)24-43(51)56-20-12-5-4-7-17-32-22-37-39(21-29(32)2)47-38(25-42(37)57-34)31-15-8-6-9-16-31/h3,6-9,15-17,21-22,25,30,33-36,40H,1,4-5,10-14,18-20,23-24,26-28H2,2H3,(H,48,53)/b17-7+/t33-,34-,36+,40+,46-/m1/s1. The van der Waals surface area contributed by atoms with E-state index in [1.54, 1.807) is 11.0 Å². The smallest absolute Gasteiger partial charge is 0.306 e. The van der Waals surface area contributed by atoms with Gasteiger partial charge in [-0.25, -0.2) is 13.4 Å². The maximum atomic E-state index is 14.9. The summed E-state index contributed by atoms with van der Waals surface area (Å²) in [5.74, 6) is -2.27. The molecule has 12 heteroatoms. The van der Waals surface area contributed by atoms with Crippen molar-refractivity contribution >= 4 is 50.6 Å². The summed E-state index contributed by atoms with van der Waals surface area (Å²) in [5.41, 5.74) is 3.18. The Kier molecular flexibility index (Phi) is 11.3. The third-order valence-electron chi connectivity index (χ3n) is 13.0. The lowest BCUT2D eigenvalue weighted by atomic mass is 9.86. The number of carbonyl (C=O) groups is 4. The van der Waals surface area contributed by atoms with E-state index < -0.39 is 50.6 Å². The average molecular weight is 808 g/mol. The number of amides is 2. The fraction of sp³-hybridized carbons (Fsp3) is 0.500. The van der Waals surface area contributed by atoms with Gasteiger partial charge in [0.2, 0.25) is 21.8 Å². The van der Waals surface area contributed by atoms with Crippen molar-refractivity contribution < 1.29 is 37.1 Å². The SMILES string of the molecule is C=C[C@@H]1C[C@]1(CC(=O)[C@@H]1C[C@@H]2CN1C(=O)[C@H](C1CCCC1)CC(=O)OCCCC/C=C/c1cc3c(cc(-c4ccccc4)nc3cc1C)O2)C(=O)NS(=O)(=O)C1CC1. The van der Waals surface area contributed by atoms with Crippen molar-refractivity contribution in [3.63, 3.8) is 0 Å². The third kappa shape index (κ3) is 8.35. The fourth-order valence-corrected chi connectivity index (χ4v) is 10.7. The van der Waals surface area contributed by atoms with Gasteiger partial charge in [0.15, 0.2) is 5.78 Å². The molecule has 2 aromatic carbocycles. The molecule has 1 saturated heterocycles. The number of aromatic nitrogens is 1. The molecular weight excluding hydrogens is 755 g/mol. The lowest BCUT2D eigenvalue weighted by Crippen LogP contribution is -2.47. The molecular formula is C46H53N3O8S. The maximum Gasteiger partial charge on any atom is 0.306 e. The van der Waals surface area contributed by atoms with Crippen LogP contribution < -0.4 is 9.46 Å². The van der Waals surface area contributed by atoms with E-state index in [1.165, 1.54) is 0 Å². The minimum absolute atomic E-state index is 0.0347. The number of carbonyl (C=O) groups excluding carboxylic acids is 4. The van der Waals surface area contributed by atoms with E-state index in [1.807, 2.05) is 43.3 Å². The summed E-state index contributed by atoms with van der Waals surface area (Å²) < 4.78 is 40.6. The number of hydrogen-bond acceptors (Lipinski definition) is 9. The number of ketones is 1. The quantitative estimate of drug-likeness (QED) is 0.174. The number of allylic oxidation sites excluding steroid dienone is 2. The molecule has 4 bridgehead atoms. The van der Waals surface area contributed by atoms with Crippen molar-refractivity contribution in [3.8, 4) is 17.0 Å². The third-order valence-corrected chi connectivity index (χ3v) is 14.8. The molecule has 3 saturated carbocycles. The Hall–Kier alpha value is -4.84. The van der Waals surface area contributed by atoms with Crippen molar-refractivity contribution in [2.75, 3.05) is 13.2 Å². The second kappa shape index (κ2) is 16.4. The Labute approximate surface area is 340 Å². The van der Waals surface area contributed by atoms with Crippen LogP contribution in [0.3, 0.4) is 0 Å². The second-order valence-corrected chi connectivity index (χ2v) is 19.0. The maximum absolute atomic E-state index is 14.9. The van der Waals surface area contributed by atoms with Crippen LogP contribution in [0.5, 0.6) is 5.75 Å². The number of benzene rings is 2. The first-order valence-electron chi connectivity index (χ1n) is 21.0. The monoisotopic (exact) mass is 807 g/mol.